The predicted octanol–water partition coefficient (Wildman–Crippen LogP) is 2.30. The summed E-state index contributed by atoms with van der Waals surface area (Å²) in [6, 6.07) is 0.888. The van der Waals surface area contributed by atoms with Gasteiger partial charge in [-0.3, -0.25) is 0 Å². The fraction of sp³-hybridized carbons (Fsp3) is 0.250. The first-order valence-electron chi connectivity index (χ1n) is 6.02. The number of carboxylic acid groups (broad SMARTS) is 1. The van der Waals surface area contributed by atoms with Crippen molar-refractivity contribution >= 4 is 29.1 Å². The van der Waals surface area contributed by atoms with Crippen LogP contribution in [0.15, 0.2) is 10.5 Å². The molecule has 2 aromatic rings. The third kappa shape index (κ3) is 1.91. The number of carbonyl (C=O) groups is 3. The van der Waals surface area contributed by atoms with E-state index in [9.17, 15) is 40.7 Å². The lowest BCUT2D eigenvalue weighted by atomic mass is 10.0. The second kappa shape index (κ2) is 4.55. The van der Waals surface area contributed by atoms with Crippen LogP contribution in [-0.2, 0) is 9.59 Å². The zero-order chi connectivity index (χ0) is 18.9. The molecule has 0 saturated carbocycles. The molecule has 0 unspecified atom stereocenters. The van der Waals surface area contributed by atoms with Crippen molar-refractivity contribution in [3.8, 4) is 11.5 Å². The van der Waals surface area contributed by atoms with Crippen LogP contribution in [0.3, 0.4) is 0 Å². The van der Waals surface area contributed by atoms with Gasteiger partial charge in [0, 0.05) is 6.07 Å². The number of ether oxygens (including phenoxy) is 2. The molecule has 0 saturated heterocycles. The molecule has 1 N–H and O–H groups in total. The van der Waals surface area contributed by atoms with E-state index in [1.807, 2.05) is 0 Å². The highest BCUT2D eigenvalue weighted by Gasteiger charge is 2.79. The summed E-state index contributed by atoms with van der Waals surface area (Å²) in [6.07, 6.45) is 0. The van der Waals surface area contributed by atoms with Crippen LogP contribution < -0.4 is 9.47 Å². The maximum Gasteiger partial charge on any atom is 0.411 e. The minimum absolute atomic E-state index is 0.140. The van der Waals surface area contributed by atoms with Crippen LogP contribution in [-0.4, -0.2) is 40.8 Å². The van der Waals surface area contributed by atoms with Gasteiger partial charge in [-0.25, -0.2) is 14.4 Å². The molecular weight excluding hydrogens is 370 g/mol. The van der Waals surface area contributed by atoms with Crippen LogP contribution in [0.1, 0.15) is 10.4 Å². The summed E-state index contributed by atoms with van der Waals surface area (Å²) in [7, 11) is 0. The molecule has 2 aromatic heterocycles. The third-order valence-corrected chi connectivity index (χ3v) is 3.29. The smallest absolute Gasteiger partial charge is 0.411 e. The van der Waals surface area contributed by atoms with E-state index < -0.39 is 52.8 Å². The van der Waals surface area contributed by atoms with E-state index in [1.165, 1.54) is 0 Å². The zero-order valence-electron chi connectivity index (χ0n) is 11.2. The van der Waals surface area contributed by atoms with Gasteiger partial charge in [0.15, 0.2) is 11.2 Å². The lowest BCUT2D eigenvalue weighted by Crippen LogP contribution is -2.61. The van der Waals surface area contributed by atoms with Gasteiger partial charge in [0.05, 0.1) is 0 Å². The van der Waals surface area contributed by atoms with E-state index in [-0.39, 0.29) is 11.1 Å². The van der Waals surface area contributed by atoms with E-state index in [4.69, 9.17) is 9.52 Å². The Labute approximate surface area is 131 Å². The van der Waals surface area contributed by atoms with Crippen molar-refractivity contribution in [1.29, 1.82) is 0 Å². The van der Waals surface area contributed by atoms with Crippen molar-refractivity contribution in [3.05, 3.63) is 11.6 Å². The molecule has 0 atom stereocenters. The molecule has 1 aliphatic rings. The lowest BCUT2D eigenvalue weighted by molar-refractivity contribution is -0.297. The van der Waals surface area contributed by atoms with Gasteiger partial charge < -0.3 is 19.0 Å². The average molecular weight is 372 g/mol. The zero-order valence-corrected chi connectivity index (χ0v) is 11.2. The molecule has 0 aliphatic carbocycles. The molecule has 1 aliphatic heterocycles. The number of furan rings is 2. The van der Waals surface area contributed by atoms with Crippen molar-refractivity contribution in [3.63, 3.8) is 0 Å². The summed E-state index contributed by atoms with van der Waals surface area (Å²) in [6.45, 7) is 0. The van der Waals surface area contributed by atoms with Gasteiger partial charge in [-0.1, -0.05) is 0 Å². The second-order valence-corrected chi connectivity index (χ2v) is 4.82. The minimum atomic E-state index is -6.61. The van der Waals surface area contributed by atoms with Crippen molar-refractivity contribution < 1.29 is 59.7 Å². The normalized spacial score (nSPS) is 14.9. The van der Waals surface area contributed by atoms with Crippen molar-refractivity contribution in [2.75, 3.05) is 0 Å². The largest absolute Gasteiger partial charge is 0.477 e. The fourth-order valence-electron chi connectivity index (χ4n) is 1.99. The first-order valence-corrected chi connectivity index (χ1v) is 6.02. The van der Waals surface area contributed by atoms with Gasteiger partial charge in [0.2, 0.25) is 11.5 Å². The fourth-order valence-corrected chi connectivity index (χ4v) is 1.99. The van der Waals surface area contributed by atoms with Crippen LogP contribution in [0.4, 0.5) is 26.3 Å². The number of benzene rings is 1. The summed E-state index contributed by atoms with van der Waals surface area (Å²) in [5.41, 5.74) is -0.962. The van der Waals surface area contributed by atoms with Gasteiger partial charge in [-0.2, -0.15) is 26.3 Å². The number of alkyl halides is 6. The molecule has 7 nitrogen and oxygen atoms in total. The Balaban J connectivity index is 1.93. The molecule has 0 radical (unpaired) electrons. The average Bonchev–Trinajstić information content (AvgIpc) is 3.11. The highest BCUT2D eigenvalue weighted by atomic mass is 19.3. The number of hydrogen-bond donors (Lipinski definition) is 1. The standard InChI is InChI=1S/C12H2F6O7/c13-10(14,8(20)21)12(17,18)11(15,16)9(22)25-5-3-1-2-4(23-3)6(5)24-7(2)19/h1H,(H,20,21). The highest BCUT2D eigenvalue weighted by molar-refractivity contribution is 6.10. The summed E-state index contributed by atoms with van der Waals surface area (Å²) < 4.78 is 92.5. The number of aliphatic carboxylic acids is 1. The quantitative estimate of drug-likeness (QED) is 0.488. The van der Waals surface area contributed by atoms with Gasteiger partial charge in [0.1, 0.15) is 5.56 Å². The van der Waals surface area contributed by atoms with Crippen LogP contribution >= 0.6 is 0 Å². The number of carbonyl (C=O) groups excluding carboxylic acids is 2. The Morgan fingerprint density at radius 2 is 1.68 bits per heavy atom. The summed E-state index contributed by atoms with van der Waals surface area (Å²) >= 11 is 0. The van der Waals surface area contributed by atoms with Crippen LogP contribution in [0.25, 0.3) is 11.2 Å². The van der Waals surface area contributed by atoms with E-state index in [2.05, 4.69) is 9.47 Å². The third-order valence-electron chi connectivity index (χ3n) is 3.29. The molecule has 13 heteroatoms. The van der Waals surface area contributed by atoms with Crippen molar-refractivity contribution in [2.45, 2.75) is 17.8 Å². The van der Waals surface area contributed by atoms with Crippen LogP contribution in [0.5, 0.6) is 11.5 Å². The minimum Gasteiger partial charge on any atom is -0.477 e. The van der Waals surface area contributed by atoms with Gasteiger partial charge in [0.25, 0.3) is 0 Å². The van der Waals surface area contributed by atoms with E-state index >= 15 is 0 Å². The Kier molecular flexibility index (Phi) is 3.07. The Hall–Kier alpha value is -2.99. The van der Waals surface area contributed by atoms with Crippen molar-refractivity contribution in [1.82, 2.24) is 0 Å². The molecule has 3 heterocycles. The Bertz CT molecular complexity index is 914. The number of hydrogen-bond acceptors (Lipinski definition) is 6. The van der Waals surface area contributed by atoms with E-state index in [0.29, 0.717) is 0 Å². The van der Waals surface area contributed by atoms with E-state index in [1.54, 1.807) is 0 Å². The molecule has 0 spiro atoms. The first kappa shape index (κ1) is 16.9. The van der Waals surface area contributed by atoms with Gasteiger partial charge in [-0.05, 0) is 0 Å². The lowest BCUT2D eigenvalue weighted by Gasteiger charge is -2.28. The van der Waals surface area contributed by atoms with E-state index in [0.717, 1.165) is 6.07 Å². The molecule has 0 amide bonds. The second-order valence-electron chi connectivity index (χ2n) is 4.82. The molecule has 0 fully saturated rings. The van der Waals surface area contributed by atoms with Crippen LogP contribution in [0.2, 0.25) is 0 Å². The van der Waals surface area contributed by atoms with Crippen LogP contribution in [0, 0.1) is 0 Å². The Morgan fingerprint density at radius 1 is 1.08 bits per heavy atom. The maximum atomic E-state index is 13.5. The molecule has 2 bridgehead atoms. The number of esters is 2. The molecule has 0 aromatic carbocycles. The van der Waals surface area contributed by atoms with Gasteiger partial charge in [-0.15, -0.1) is 0 Å². The highest BCUT2D eigenvalue weighted by Crippen LogP contribution is 2.51. The number of rotatable bonds is 5. The summed E-state index contributed by atoms with van der Waals surface area (Å²) in [4.78, 5) is 32.7. The number of carboxylic acids is 1. The first-order chi connectivity index (χ1) is 11.3. The summed E-state index contributed by atoms with van der Waals surface area (Å²) in [5.74, 6) is -28.5. The Morgan fingerprint density at radius 3 is 2.24 bits per heavy atom. The molecular formula is C12H2F6O7. The summed E-state index contributed by atoms with van der Waals surface area (Å²) in [5, 5.41) is 7.99. The maximum absolute atomic E-state index is 13.5. The van der Waals surface area contributed by atoms with Gasteiger partial charge >= 0.3 is 35.7 Å². The molecule has 3 rings (SSSR count). The number of halogens is 6. The van der Waals surface area contributed by atoms with Crippen molar-refractivity contribution in [2.24, 2.45) is 0 Å². The predicted molar refractivity (Wildman–Crippen MR) is 60.5 cm³/mol. The number of fused-ring (bicyclic) bond motifs is 1. The molecule has 134 valence electrons. The SMILES string of the molecule is O=C1Oc2c(OC(=O)C(F)(F)C(F)(F)C(F)(F)C(=O)O)c3cc1c2o3. The monoisotopic (exact) mass is 372 g/mol. The molecule has 25 heavy (non-hydrogen) atoms. The topological polar surface area (TPSA) is 103 Å².